The van der Waals surface area contributed by atoms with Crippen molar-refractivity contribution < 1.29 is 14.4 Å². The number of nitrogens with zero attached hydrogens (tertiary/aromatic N) is 1. The Morgan fingerprint density at radius 2 is 1.88 bits per heavy atom. The quantitative estimate of drug-likeness (QED) is 0.574. The molecule has 7 nitrogen and oxygen atoms in total. The first kappa shape index (κ1) is 22.6. The van der Waals surface area contributed by atoms with Crippen LogP contribution in [-0.2, 0) is 16.1 Å². The number of benzene rings is 2. The highest BCUT2D eigenvalue weighted by atomic mass is 16.2. The lowest BCUT2D eigenvalue weighted by molar-refractivity contribution is -0.126. The van der Waals surface area contributed by atoms with E-state index in [1.165, 1.54) is 0 Å². The third-order valence-corrected chi connectivity index (χ3v) is 6.17. The Bertz CT molecular complexity index is 1110. The van der Waals surface area contributed by atoms with Gasteiger partial charge in [0.25, 0.3) is 5.91 Å². The largest absolute Gasteiger partial charge is 0.361 e. The van der Waals surface area contributed by atoms with Crippen molar-refractivity contribution in [3.63, 3.8) is 0 Å². The van der Waals surface area contributed by atoms with E-state index in [0.717, 1.165) is 16.5 Å². The fourth-order valence-corrected chi connectivity index (χ4v) is 4.25. The van der Waals surface area contributed by atoms with Gasteiger partial charge in [0.15, 0.2) is 0 Å². The number of hydrogen-bond acceptors (Lipinski definition) is 3. The summed E-state index contributed by atoms with van der Waals surface area (Å²) in [5.74, 6) is -0.414. The lowest BCUT2D eigenvalue weighted by Gasteiger charge is -2.23. The zero-order valence-corrected chi connectivity index (χ0v) is 18.7. The van der Waals surface area contributed by atoms with Crippen LogP contribution in [0.4, 0.5) is 0 Å². The molecule has 1 aromatic heterocycles. The first-order valence-corrected chi connectivity index (χ1v) is 11.5. The molecule has 3 N–H and O–H groups in total. The lowest BCUT2D eigenvalue weighted by atomic mass is 9.97. The molecule has 1 aliphatic rings. The van der Waals surface area contributed by atoms with Crippen LogP contribution in [0.15, 0.2) is 60.8 Å². The van der Waals surface area contributed by atoms with Crippen molar-refractivity contribution in [3.8, 4) is 0 Å². The van der Waals surface area contributed by atoms with Crippen molar-refractivity contribution in [2.24, 2.45) is 5.92 Å². The van der Waals surface area contributed by atoms with Gasteiger partial charge in [-0.3, -0.25) is 14.4 Å². The minimum Gasteiger partial charge on any atom is -0.361 e. The molecule has 0 aliphatic carbocycles. The molecule has 0 bridgehead atoms. The third-order valence-electron chi connectivity index (χ3n) is 6.17. The Kier molecular flexibility index (Phi) is 7.40. The Morgan fingerprint density at radius 1 is 1.03 bits per heavy atom. The summed E-state index contributed by atoms with van der Waals surface area (Å²) in [4.78, 5) is 43.2. The molecule has 33 heavy (non-hydrogen) atoms. The van der Waals surface area contributed by atoms with Gasteiger partial charge in [0.05, 0.1) is 0 Å². The number of hydrogen-bond donors (Lipinski definition) is 3. The van der Waals surface area contributed by atoms with Gasteiger partial charge in [0.2, 0.25) is 11.8 Å². The van der Waals surface area contributed by atoms with Gasteiger partial charge < -0.3 is 20.5 Å². The first-order chi connectivity index (χ1) is 16.1. The molecule has 172 valence electrons. The summed E-state index contributed by atoms with van der Waals surface area (Å²) in [6, 6.07) is 17.4. The van der Waals surface area contributed by atoms with E-state index in [1.54, 1.807) is 4.90 Å². The van der Waals surface area contributed by atoms with Gasteiger partial charge in [-0.05, 0) is 48.4 Å². The molecule has 1 unspecified atom stereocenters. The van der Waals surface area contributed by atoms with E-state index in [-0.39, 0.29) is 30.1 Å². The summed E-state index contributed by atoms with van der Waals surface area (Å²) < 4.78 is 0. The minimum atomic E-state index is -0.209. The number of rotatable bonds is 4. The Balaban J connectivity index is 1.40. The highest BCUT2D eigenvalue weighted by Gasteiger charge is 2.22. The molecule has 1 saturated heterocycles. The third kappa shape index (κ3) is 6.00. The fourth-order valence-electron chi connectivity index (χ4n) is 4.25. The standard InChI is InChI=1S/C26H30N4O3/c31-24-12-16-30(26(33)22-9-8-20-10-13-27-23(20)17-22)15-4-7-21(11-14-28-24)25(32)29-18-19-5-2-1-3-6-19/h1-3,5-6,8-10,13,17,21,27H,4,7,11-12,14-16,18H2,(H,28,31)(H,29,32). The van der Waals surface area contributed by atoms with Crippen molar-refractivity contribution >= 4 is 28.6 Å². The van der Waals surface area contributed by atoms with Crippen LogP contribution in [0.2, 0.25) is 0 Å². The zero-order valence-electron chi connectivity index (χ0n) is 18.7. The fraction of sp³-hybridized carbons (Fsp3) is 0.346. The van der Waals surface area contributed by atoms with Gasteiger partial charge in [0.1, 0.15) is 0 Å². The van der Waals surface area contributed by atoms with Crippen molar-refractivity contribution in [1.82, 2.24) is 20.5 Å². The summed E-state index contributed by atoms with van der Waals surface area (Å²) in [7, 11) is 0. The molecule has 0 spiro atoms. The molecule has 4 rings (SSSR count). The van der Waals surface area contributed by atoms with Crippen LogP contribution in [-0.4, -0.2) is 47.2 Å². The van der Waals surface area contributed by atoms with Gasteiger partial charge >= 0.3 is 0 Å². The molecule has 0 radical (unpaired) electrons. The molecule has 1 aliphatic heterocycles. The van der Waals surface area contributed by atoms with Crippen molar-refractivity contribution in [2.45, 2.75) is 32.2 Å². The highest BCUT2D eigenvalue weighted by Crippen LogP contribution is 2.18. The maximum atomic E-state index is 13.2. The molecule has 3 amide bonds. The Labute approximate surface area is 193 Å². The molecule has 3 aromatic rings. The van der Waals surface area contributed by atoms with Crippen molar-refractivity contribution in [2.75, 3.05) is 19.6 Å². The van der Waals surface area contributed by atoms with Crippen LogP contribution < -0.4 is 10.6 Å². The van der Waals surface area contributed by atoms with Crippen LogP contribution in [0.3, 0.4) is 0 Å². The number of amides is 3. The number of carbonyl (C=O) groups is 3. The predicted molar refractivity (Wildman–Crippen MR) is 127 cm³/mol. The monoisotopic (exact) mass is 446 g/mol. The van der Waals surface area contributed by atoms with E-state index in [9.17, 15) is 14.4 Å². The smallest absolute Gasteiger partial charge is 0.253 e. The number of nitrogens with one attached hydrogen (secondary N) is 3. The lowest BCUT2D eigenvalue weighted by Crippen LogP contribution is -2.35. The van der Waals surface area contributed by atoms with Crippen LogP contribution in [0, 0.1) is 5.92 Å². The number of aromatic nitrogens is 1. The van der Waals surface area contributed by atoms with E-state index in [2.05, 4.69) is 15.6 Å². The Morgan fingerprint density at radius 3 is 2.73 bits per heavy atom. The van der Waals surface area contributed by atoms with Crippen LogP contribution >= 0.6 is 0 Å². The number of fused-ring (bicyclic) bond motifs is 1. The number of carbonyl (C=O) groups excluding carboxylic acids is 3. The van der Waals surface area contributed by atoms with Gasteiger partial charge in [-0.1, -0.05) is 36.4 Å². The molecule has 1 fully saturated rings. The van der Waals surface area contributed by atoms with Crippen molar-refractivity contribution in [3.05, 3.63) is 71.9 Å². The van der Waals surface area contributed by atoms with Crippen LogP contribution in [0.1, 0.15) is 41.6 Å². The summed E-state index contributed by atoms with van der Waals surface area (Å²) in [5.41, 5.74) is 2.55. The normalized spacial score (nSPS) is 17.8. The average molecular weight is 447 g/mol. The molecular formula is C26H30N4O3. The van der Waals surface area contributed by atoms with E-state index in [1.807, 2.05) is 60.8 Å². The molecule has 2 heterocycles. The number of aromatic amines is 1. The predicted octanol–water partition coefficient (Wildman–Crippen LogP) is 3.23. The van der Waals surface area contributed by atoms with Gasteiger partial charge in [-0.15, -0.1) is 0 Å². The Hall–Kier alpha value is -3.61. The molecule has 0 saturated carbocycles. The van der Waals surface area contributed by atoms with Gasteiger partial charge in [0, 0.05) is 55.8 Å². The van der Waals surface area contributed by atoms with Crippen LogP contribution in [0.25, 0.3) is 10.9 Å². The second kappa shape index (κ2) is 10.8. The van der Waals surface area contributed by atoms with E-state index in [4.69, 9.17) is 0 Å². The van der Waals surface area contributed by atoms with Gasteiger partial charge in [-0.2, -0.15) is 0 Å². The molecule has 2 aromatic carbocycles. The summed E-state index contributed by atoms with van der Waals surface area (Å²) >= 11 is 0. The minimum absolute atomic E-state index is 0.0116. The second-order valence-corrected chi connectivity index (χ2v) is 8.50. The van der Waals surface area contributed by atoms with E-state index >= 15 is 0 Å². The molecular weight excluding hydrogens is 416 g/mol. The summed E-state index contributed by atoms with van der Waals surface area (Å²) in [6.45, 7) is 1.81. The molecule has 7 heteroatoms. The summed E-state index contributed by atoms with van der Waals surface area (Å²) in [5, 5.41) is 6.96. The van der Waals surface area contributed by atoms with E-state index in [0.29, 0.717) is 51.0 Å². The maximum Gasteiger partial charge on any atom is 0.253 e. The van der Waals surface area contributed by atoms with E-state index < -0.39 is 0 Å². The average Bonchev–Trinajstić information content (AvgIpc) is 3.30. The highest BCUT2D eigenvalue weighted by molar-refractivity contribution is 5.98. The van der Waals surface area contributed by atoms with Gasteiger partial charge in [-0.25, -0.2) is 0 Å². The SMILES string of the molecule is O=C1CCN(C(=O)c2ccc3cc[nH]c3c2)CCCC(C(=O)NCc2ccccc2)CCN1. The van der Waals surface area contributed by atoms with Crippen LogP contribution in [0.5, 0.6) is 0 Å². The molecule has 1 atom stereocenters. The zero-order chi connectivity index (χ0) is 23.0. The topological polar surface area (TPSA) is 94.3 Å². The second-order valence-electron chi connectivity index (χ2n) is 8.50. The van der Waals surface area contributed by atoms with Crippen molar-refractivity contribution in [1.29, 1.82) is 0 Å². The first-order valence-electron chi connectivity index (χ1n) is 11.5. The maximum absolute atomic E-state index is 13.2. The number of H-pyrrole nitrogens is 1. The summed E-state index contributed by atoms with van der Waals surface area (Å²) in [6.07, 6.45) is 4.05.